The van der Waals surface area contributed by atoms with Crippen LogP contribution in [0, 0.1) is 6.92 Å². The molecule has 2 aromatic rings. The van der Waals surface area contributed by atoms with Gasteiger partial charge in [0.25, 0.3) is 0 Å². The zero-order valence-corrected chi connectivity index (χ0v) is 11.8. The first-order chi connectivity index (χ1) is 10.3. The Hall–Kier alpha value is -3.22. The molecular formula is C15H16N2O5. The summed E-state index contributed by atoms with van der Waals surface area (Å²) in [7, 11) is 0. The molecule has 0 saturated carbocycles. The molecule has 0 saturated heterocycles. The highest BCUT2D eigenvalue weighted by Gasteiger charge is 2.11. The summed E-state index contributed by atoms with van der Waals surface area (Å²) in [6, 6.07) is 9.22. The maximum Gasteiger partial charge on any atom is 0.341 e. The lowest BCUT2D eigenvalue weighted by molar-refractivity contribution is 0.0684. The van der Waals surface area contributed by atoms with E-state index in [1.54, 1.807) is 25.1 Å². The summed E-state index contributed by atoms with van der Waals surface area (Å²) >= 11 is 0. The first-order valence-corrected chi connectivity index (χ1v) is 6.14. The predicted molar refractivity (Wildman–Crippen MR) is 82.0 cm³/mol. The Bertz CT molecular complexity index is 611. The number of aromatic carboxylic acids is 2. The van der Waals surface area contributed by atoms with E-state index in [1.807, 2.05) is 0 Å². The Kier molecular flexibility index (Phi) is 5.34. The molecule has 7 heteroatoms. The van der Waals surface area contributed by atoms with Crippen molar-refractivity contribution in [1.82, 2.24) is 0 Å². The molecule has 0 aromatic heterocycles. The van der Waals surface area contributed by atoms with Crippen LogP contribution in [0.2, 0.25) is 0 Å². The highest BCUT2D eigenvalue weighted by molar-refractivity contribution is 5.96. The van der Waals surface area contributed by atoms with Gasteiger partial charge in [0, 0.05) is 11.4 Å². The second-order valence-electron chi connectivity index (χ2n) is 4.39. The Balaban J connectivity index is 0.000000220. The van der Waals surface area contributed by atoms with Gasteiger partial charge in [-0.05, 0) is 30.7 Å². The van der Waals surface area contributed by atoms with Crippen molar-refractivity contribution >= 4 is 23.3 Å². The summed E-state index contributed by atoms with van der Waals surface area (Å²) in [6.07, 6.45) is 0. The normalized spacial score (nSPS) is 9.50. The van der Waals surface area contributed by atoms with Crippen molar-refractivity contribution < 1.29 is 24.9 Å². The average molecular weight is 304 g/mol. The number of nitrogen functional groups attached to an aromatic ring is 2. The Morgan fingerprint density at radius 1 is 0.864 bits per heavy atom. The van der Waals surface area contributed by atoms with Crippen LogP contribution in [0.25, 0.3) is 0 Å². The van der Waals surface area contributed by atoms with Crippen LogP contribution >= 0.6 is 0 Å². The standard InChI is InChI=1S/C8H9NO2.C7H7NO3/c1-5-3-2-4-6(9)7(5)8(10)11;8-4-2-1-3-5(9)6(4)7(10)11/h2-4H,9H2,1H3,(H,10,11);1-3,9H,8H2,(H,10,11). The van der Waals surface area contributed by atoms with Crippen LogP contribution < -0.4 is 11.5 Å². The number of phenols is 1. The zero-order valence-electron chi connectivity index (χ0n) is 11.8. The van der Waals surface area contributed by atoms with Crippen molar-refractivity contribution in [2.24, 2.45) is 0 Å². The largest absolute Gasteiger partial charge is 0.507 e. The maximum atomic E-state index is 10.6. The molecule has 0 radical (unpaired) electrons. The van der Waals surface area contributed by atoms with E-state index in [0.29, 0.717) is 11.3 Å². The molecule has 0 spiro atoms. The number of anilines is 2. The summed E-state index contributed by atoms with van der Waals surface area (Å²) < 4.78 is 0. The number of carboxylic acid groups (broad SMARTS) is 2. The quantitative estimate of drug-likeness (QED) is 0.532. The van der Waals surface area contributed by atoms with Gasteiger partial charge in [0.05, 0.1) is 5.56 Å². The average Bonchev–Trinajstić information content (AvgIpc) is 2.38. The molecule has 0 fully saturated rings. The predicted octanol–water partition coefficient (Wildman–Crippen LogP) is 1.95. The molecule has 7 nitrogen and oxygen atoms in total. The molecule has 2 aromatic carbocycles. The second kappa shape index (κ2) is 6.98. The van der Waals surface area contributed by atoms with Crippen LogP contribution in [0.4, 0.5) is 11.4 Å². The molecule has 0 aliphatic carbocycles. The van der Waals surface area contributed by atoms with Gasteiger partial charge in [-0.1, -0.05) is 18.2 Å². The minimum atomic E-state index is -1.22. The number of nitrogens with two attached hydrogens (primary N) is 2. The van der Waals surface area contributed by atoms with Gasteiger partial charge in [0.1, 0.15) is 11.3 Å². The molecule has 0 aliphatic rings. The topological polar surface area (TPSA) is 147 Å². The van der Waals surface area contributed by atoms with Crippen LogP contribution in [-0.2, 0) is 0 Å². The zero-order chi connectivity index (χ0) is 16.9. The Morgan fingerprint density at radius 3 is 1.64 bits per heavy atom. The summed E-state index contributed by atoms with van der Waals surface area (Å²) in [5.41, 5.74) is 11.8. The van der Waals surface area contributed by atoms with Crippen LogP contribution in [0.5, 0.6) is 5.75 Å². The van der Waals surface area contributed by atoms with E-state index < -0.39 is 11.9 Å². The minimum absolute atomic E-state index is 0.0671. The van der Waals surface area contributed by atoms with Gasteiger partial charge in [-0.15, -0.1) is 0 Å². The number of aromatic hydroxyl groups is 1. The smallest absolute Gasteiger partial charge is 0.341 e. The number of carbonyl (C=O) groups is 2. The van der Waals surface area contributed by atoms with Crippen molar-refractivity contribution in [1.29, 1.82) is 0 Å². The fourth-order valence-corrected chi connectivity index (χ4v) is 1.77. The van der Waals surface area contributed by atoms with E-state index in [0.717, 1.165) is 0 Å². The third kappa shape index (κ3) is 3.89. The third-order valence-corrected chi connectivity index (χ3v) is 2.81. The van der Waals surface area contributed by atoms with Gasteiger partial charge >= 0.3 is 11.9 Å². The van der Waals surface area contributed by atoms with Gasteiger partial charge in [-0.25, -0.2) is 9.59 Å². The lowest BCUT2D eigenvalue weighted by Gasteiger charge is -2.02. The van der Waals surface area contributed by atoms with Crippen molar-refractivity contribution in [2.75, 3.05) is 11.5 Å². The first-order valence-electron chi connectivity index (χ1n) is 6.14. The second-order valence-corrected chi connectivity index (χ2v) is 4.39. The summed E-state index contributed by atoms with van der Waals surface area (Å²) in [5, 5.41) is 26.2. The molecule has 0 aliphatic heterocycles. The Labute approximate surface area is 126 Å². The third-order valence-electron chi connectivity index (χ3n) is 2.81. The molecule has 116 valence electrons. The molecule has 0 bridgehead atoms. The van der Waals surface area contributed by atoms with Crippen LogP contribution in [-0.4, -0.2) is 27.3 Å². The van der Waals surface area contributed by atoms with E-state index in [4.69, 9.17) is 26.8 Å². The number of hydrogen-bond donors (Lipinski definition) is 5. The molecule has 0 atom stereocenters. The van der Waals surface area contributed by atoms with E-state index in [2.05, 4.69) is 0 Å². The number of hydrogen-bond acceptors (Lipinski definition) is 5. The molecule has 0 amide bonds. The van der Waals surface area contributed by atoms with Crippen molar-refractivity contribution in [3.8, 4) is 5.75 Å². The monoisotopic (exact) mass is 304 g/mol. The van der Waals surface area contributed by atoms with Gasteiger partial charge < -0.3 is 26.8 Å². The van der Waals surface area contributed by atoms with Crippen molar-refractivity contribution in [3.05, 3.63) is 53.1 Å². The molecule has 7 N–H and O–H groups in total. The number of benzene rings is 2. The van der Waals surface area contributed by atoms with E-state index in [9.17, 15) is 9.59 Å². The van der Waals surface area contributed by atoms with Crippen molar-refractivity contribution in [2.45, 2.75) is 6.92 Å². The lowest BCUT2D eigenvalue weighted by Crippen LogP contribution is -2.04. The van der Waals surface area contributed by atoms with Crippen LogP contribution in [0.1, 0.15) is 26.3 Å². The maximum absolute atomic E-state index is 10.6. The number of aryl methyl sites for hydroxylation is 1. The van der Waals surface area contributed by atoms with Gasteiger partial charge in [-0.2, -0.15) is 0 Å². The van der Waals surface area contributed by atoms with Crippen LogP contribution in [0.3, 0.4) is 0 Å². The molecule has 2 rings (SSSR count). The highest BCUT2D eigenvalue weighted by atomic mass is 16.4. The van der Waals surface area contributed by atoms with E-state index in [-0.39, 0.29) is 22.6 Å². The summed E-state index contributed by atoms with van der Waals surface area (Å²) in [5.74, 6) is -2.50. The Morgan fingerprint density at radius 2 is 1.32 bits per heavy atom. The molecule has 0 heterocycles. The lowest BCUT2D eigenvalue weighted by atomic mass is 10.1. The first kappa shape index (κ1) is 16.8. The van der Waals surface area contributed by atoms with Gasteiger partial charge in [0.15, 0.2) is 0 Å². The van der Waals surface area contributed by atoms with E-state index >= 15 is 0 Å². The van der Waals surface area contributed by atoms with Gasteiger partial charge in [0.2, 0.25) is 0 Å². The molecule has 0 unspecified atom stereocenters. The molecular weight excluding hydrogens is 288 g/mol. The summed E-state index contributed by atoms with van der Waals surface area (Å²) in [4.78, 5) is 21.0. The highest BCUT2D eigenvalue weighted by Crippen LogP contribution is 2.22. The number of rotatable bonds is 2. The number of carboxylic acids is 2. The van der Waals surface area contributed by atoms with Crippen molar-refractivity contribution in [3.63, 3.8) is 0 Å². The summed E-state index contributed by atoms with van der Waals surface area (Å²) in [6.45, 7) is 1.72. The fourth-order valence-electron chi connectivity index (χ4n) is 1.77. The van der Waals surface area contributed by atoms with E-state index in [1.165, 1.54) is 18.2 Å². The molecule has 22 heavy (non-hydrogen) atoms. The fraction of sp³-hybridized carbons (Fsp3) is 0.0667. The minimum Gasteiger partial charge on any atom is -0.507 e. The van der Waals surface area contributed by atoms with Crippen LogP contribution in [0.15, 0.2) is 36.4 Å². The SMILES string of the molecule is Cc1cccc(N)c1C(=O)O.Nc1cccc(O)c1C(=O)O. The van der Waals surface area contributed by atoms with Gasteiger partial charge in [-0.3, -0.25) is 0 Å².